The van der Waals surface area contributed by atoms with Crippen LogP contribution in [-0.4, -0.2) is 67.2 Å². The molecule has 1 amide bonds. The fourth-order valence-electron chi connectivity index (χ4n) is 10.2. The van der Waals surface area contributed by atoms with Gasteiger partial charge in [-0.25, -0.2) is 0 Å². The first-order chi connectivity index (χ1) is 23.3. The predicted octanol–water partition coefficient (Wildman–Crippen LogP) is 6.35. The molecule has 0 aromatic rings. The number of carbonyl (C=O) groups excluding carboxylic acids is 4. The van der Waals surface area contributed by atoms with Gasteiger partial charge in [-0.15, -0.1) is 6.58 Å². The third-order valence-corrected chi connectivity index (χ3v) is 12.6. The second kappa shape index (κ2) is 15.7. The highest BCUT2D eigenvalue weighted by Crippen LogP contribution is 2.66. The zero-order valence-electron chi connectivity index (χ0n) is 30.5. The molecule has 274 valence electrons. The third-order valence-electron chi connectivity index (χ3n) is 12.6. The van der Waals surface area contributed by atoms with E-state index in [9.17, 15) is 19.2 Å². The van der Waals surface area contributed by atoms with Crippen molar-refractivity contribution in [2.75, 3.05) is 6.61 Å². The summed E-state index contributed by atoms with van der Waals surface area (Å²) in [4.78, 5) is 50.1. The van der Waals surface area contributed by atoms with Gasteiger partial charge in [-0.2, -0.15) is 0 Å². The summed E-state index contributed by atoms with van der Waals surface area (Å²) in [6.45, 7) is 15.3. The minimum Gasteiger partial charge on any atom is -0.463 e. The Labute approximate surface area is 292 Å². The Morgan fingerprint density at radius 2 is 1.69 bits per heavy atom. The lowest BCUT2D eigenvalue weighted by molar-refractivity contribution is -0.290. The van der Waals surface area contributed by atoms with E-state index in [-0.39, 0.29) is 36.9 Å². The number of allylic oxidation sites excluding steroid dienone is 2. The Balaban J connectivity index is 1.38. The topological polar surface area (TPSA) is 126 Å². The second-order valence-electron chi connectivity index (χ2n) is 15.7. The Hall–Kier alpha value is -2.72. The molecule has 10 heteroatoms. The lowest BCUT2D eigenvalue weighted by atomic mass is 9.47. The van der Waals surface area contributed by atoms with Crippen molar-refractivity contribution in [3.8, 4) is 0 Å². The molecule has 0 spiro atoms. The molecule has 0 aromatic heterocycles. The van der Waals surface area contributed by atoms with Crippen LogP contribution in [0.5, 0.6) is 0 Å². The largest absolute Gasteiger partial charge is 0.463 e. The number of esters is 3. The zero-order valence-corrected chi connectivity index (χ0v) is 30.5. The smallest absolute Gasteiger partial charge is 0.306 e. The molecule has 0 bridgehead atoms. The first-order valence-electron chi connectivity index (χ1n) is 18.8. The van der Waals surface area contributed by atoms with E-state index in [1.165, 1.54) is 45.1 Å². The normalized spacial score (nSPS) is 39.7. The van der Waals surface area contributed by atoms with E-state index in [2.05, 4.69) is 37.9 Å². The van der Waals surface area contributed by atoms with E-state index in [1.54, 1.807) is 0 Å². The molecule has 5 rings (SSSR count). The summed E-state index contributed by atoms with van der Waals surface area (Å²) in [5.74, 6) is 0.762. The maximum absolute atomic E-state index is 12.8. The summed E-state index contributed by atoms with van der Waals surface area (Å²) in [6.07, 6.45) is 10.4. The van der Waals surface area contributed by atoms with Gasteiger partial charge < -0.3 is 29.0 Å². The van der Waals surface area contributed by atoms with Crippen molar-refractivity contribution in [3.05, 3.63) is 24.3 Å². The monoisotopic (exact) mass is 685 g/mol. The van der Waals surface area contributed by atoms with Crippen molar-refractivity contribution < 1.29 is 42.9 Å². The van der Waals surface area contributed by atoms with Gasteiger partial charge in [0.1, 0.15) is 18.8 Å². The van der Waals surface area contributed by atoms with Gasteiger partial charge in [-0.3, -0.25) is 19.2 Å². The minimum atomic E-state index is -1.13. The molecule has 4 aliphatic carbocycles. The van der Waals surface area contributed by atoms with Gasteiger partial charge in [0, 0.05) is 26.7 Å². The van der Waals surface area contributed by atoms with Crippen molar-refractivity contribution in [1.82, 2.24) is 5.32 Å². The van der Waals surface area contributed by atoms with Crippen LogP contribution in [0.4, 0.5) is 0 Å². The molecule has 0 unspecified atom stereocenters. The minimum absolute atomic E-state index is 0.107. The molecule has 0 radical (unpaired) electrons. The molecule has 49 heavy (non-hydrogen) atoms. The first kappa shape index (κ1) is 37.5. The van der Waals surface area contributed by atoms with Crippen LogP contribution in [0.15, 0.2) is 24.3 Å². The highest BCUT2D eigenvalue weighted by Gasteiger charge is 2.59. The molecule has 3 saturated carbocycles. The van der Waals surface area contributed by atoms with Gasteiger partial charge in [0.05, 0.1) is 6.10 Å². The SMILES string of the molecule is C=C[C@H]1CC[C@H]2[C@@H]3CC=C4C[C@@H](O[C@@H]5O[C@H](COC(=O)CCC)[C@H](OC(=O)CCC)[C@H](OC(C)=O)[C@H]5NC(C)=O)CC[C@]4(C)[C@H]3CC[C@]12C. The molecule has 1 N–H and O–H groups in total. The van der Waals surface area contributed by atoms with Gasteiger partial charge in [0.25, 0.3) is 0 Å². The summed E-state index contributed by atoms with van der Waals surface area (Å²) in [7, 11) is 0. The van der Waals surface area contributed by atoms with Crippen LogP contribution < -0.4 is 5.32 Å². The standard InChI is InChI=1S/C39H59NO9/c1-8-11-32(43)45-22-31-35(49-33(44)12-9-2)36(46-24(5)42)34(40-23(4)41)37(48-31)47-27-17-19-39(7)26(21-27)13-15-28-29-16-14-25(10-3)38(29,6)20-18-30(28)39/h10,13,25,27-31,34-37H,3,8-9,11-12,14-22H2,1-2,4-7H3,(H,40,41)/t25-,27-,28-,29-,30-,31+,34+,35-,36+,37+,38+,39-/m0/s1. The summed E-state index contributed by atoms with van der Waals surface area (Å²) in [5, 5.41) is 2.87. The van der Waals surface area contributed by atoms with E-state index in [4.69, 9.17) is 23.7 Å². The summed E-state index contributed by atoms with van der Waals surface area (Å²) < 4.78 is 30.3. The number of fused-ring (bicyclic) bond motifs is 5. The summed E-state index contributed by atoms with van der Waals surface area (Å²) >= 11 is 0. The highest BCUT2D eigenvalue weighted by atomic mass is 16.7. The van der Waals surface area contributed by atoms with Crippen LogP contribution in [-0.2, 0) is 42.9 Å². The van der Waals surface area contributed by atoms with Crippen LogP contribution in [0.2, 0.25) is 0 Å². The molecule has 5 aliphatic rings. The van der Waals surface area contributed by atoms with E-state index >= 15 is 0 Å². The van der Waals surface area contributed by atoms with E-state index < -0.39 is 48.6 Å². The number of amides is 1. The van der Waals surface area contributed by atoms with E-state index in [1.807, 2.05) is 13.8 Å². The zero-order chi connectivity index (χ0) is 35.5. The molecule has 12 atom stereocenters. The second-order valence-corrected chi connectivity index (χ2v) is 15.7. The highest BCUT2D eigenvalue weighted by molar-refractivity contribution is 5.74. The molecule has 1 saturated heterocycles. The molecular weight excluding hydrogens is 626 g/mol. The van der Waals surface area contributed by atoms with Gasteiger partial charge in [0.2, 0.25) is 5.91 Å². The molecule has 0 aromatic carbocycles. The number of rotatable bonds is 12. The van der Waals surface area contributed by atoms with Gasteiger partial charge in [0.15, 0.2) is 18.5 Å². The average Bonchev–Trinajstić information content (AvgIpc) is 3.39. The molecule has 1 aliphatic heterocycles. The molecule has 4 fully saturated rings. The van der Waals surface area contributed by atoms with Crippen LogP contribution in [0.25, 0.3) is 0 Å². The lowest BCUT2D eigenvalue weighted by Crippen LogP contribution is -2.67. The average molecular weight is 686 g/mol. The van der Waals surface area contributed by atoms with Crippen LogP contribution in [0.3, 0.4) is 0 Å². The number of carbonyl (C=O) groups is 4. The van der Waals surface area contributed by atoms with Crippen LogP contribution >= 0.6 is 0 Å². The number of hydrogen-bond acceptors (Lipinski definition) is 9. The Morgan fingerprint density at radius 3 is 2.37 bits per heavy atom. The van der Waals surface area contributed by atoms with Crippen molar-refractivity contribution in [3.63, 3.8) is 0 Å². The fraction of sp³-hybridized carbons (Fsp3) is 0.795. The predicted molar refractivity (Wildman–Crippen MR) is 183 cm³/mol. The quantitative estimate of drug-likeness (QED) is 0.142. The number of hydrogen-bond donors (Lipinski definition) is 1. The molecular formula is C39H59NO9. The Kier molecular flexibility index (Phi) is 12.0. The van der Waals surface area contributed by atoms with E-state index in [0.29, 0.717) is 36.0 Å². The lowest BCUT2D eigenvalue weighted by Gasteiger charge is -2.58. The summed E-state index contributed by atoms with van der Waals surface area (Å²) in [6, 6.07) is -0.961. The van der Waals surface area contributed by atoms with E-state index in [0.717, 1.165) is 31.6 Å². The molecule has 10 nitrogen and oxygen atoms in total. The number of nitrogens with one attached hydrogen (secondary N) is 1. The van der Waals surface area contributed by atoms with Crippen molar-refractivity contribution in [1.29, 1.82) is 0 Å². The van der Waals surface area contributed by atoms with Crippen molar-refractivity contribution in [2.45, 2.75) is 155 Å². The van der Waals surface area contributed by atoms with Gasteiger partial charge in [-0.05, 0) is 98.7 Å². The first-order valence-corrected chi connectivity index (χ1v) is 18.8. The maximum atomic E-state index is 12.8. The fourth-order valence-corrected chi connectivity index (χ4v) is 10.2. The van der Waals surface area contributed by atoms with Gasteiger partial charge in [-0.1, -0.05) is 45.4 Å². The van der Waals surface area contributed by atoms with Crippen molar-refractivity contribution >= 4 is 23.8 Å². The van der Waals surface area contributed by atoms with Crippen LogP contribution in [0.1, 0.15) is 119 Å². The van der Waals surface area contributed by atoms with Gasteiger partial charge >= 0.3 is 17.9 Å². The maximum Gasteiger partial charge on any atom is 0.306 e. The van der Waals surface area contributed by atoms with Crippen molar-refractivity contribution in [2.24, 2.45) is 34.5 Å². The number of ether oxygens (including phenoxy) is 5. The summed E-state index contributed by atoms with van der Waals surface area (Å²) in [5.41, 5.74) is 1.90. The Bertz CT molecular complexity index is 1280. The Morgan fingerprint density at radius 1 is 0.959 bits per heavy atom. The third kappa shape index (κ3) is 7.80. The van der Waals surface area contributed by atoms with Crippen LogP contribution in [0, 0.1) is 34.5 Å². The molecule has 1 heterocycles.